The van der Waals surface area contributed by atoms with Crippen molar-refractivity contribution < 1.29 is 14.3 Å². The van der Waals surface area contributed by atoms with Crippen LogP contribution in [0.3, 0.4) is 0 Å². The van der Waals surface area contributed by atoms with Gasteiger partial charge in [-0.3, -0.25) is 0 Å². The third-order valence-electron chi connectivity index (χ3n) is 0.523. The van der Waals surface area contributed by atoms with Crippen LogP contribution >= 0.6 is 0 Å². The minimum Gasteiger partial charge on any atom is -0.431 e. The Hall–Kier alpha value is -0.730. The van der Waals surface area contributed by atoms with Crippen LogP contribution in [0.4, 0.5) is 4.79 Å². The minimum atomic E-state index is -0.546. The fraction of sp³-hybridized carbons (Fsp3) is 0.500. The molecule has 4 radical (unpaired) electrons. The van der Waals surface area contributed by atoms with Gasteiger partial charge in [0.05, 0.1) is 0 Å². The zero-order valence-corrected chi connectivity index (χ0v) is 3.64. The number of carbonyl (C=O) groups is 1. The number of cyclic esters (lactones) is 2. The summed E-state index contributed by atoms with van der Waals surface area (Å²) in [4.78, 5) is 9.80. The van der Waals surface area contributed by atoms with Crippen molar-refractivity contribution in [2.24, 2.45) is 0 Å². The molecule has 0 aromatic rings. The number of hydrogen-bond donors (Lipinski definition) is 0. The quantitative estimate of drug-likeness (QED) is 0.409. The van der Waals surface area contributed by atoms with E-state index in [4.69, 9.17) is 0 Å². The van der Waals surface area contributed by atoms with E-state index in [2.05, 4.69) is 9.47 Å². The molecule has 38 valence electrons. The molecule has 3 nitrogen and oxygen atoms in total. The molecule has 1 aliphatic rings. The van der Waals surface area contributed by atoms with E-state index in [0.29, 0.717) is 13.2 Å². The molecular formula is C4H4O3. The van der Waals surface area contributed by atoms with Gasteiger partial charge < -0.3 is 9.47 Å². The molecular weight excluding hydrogens is 96.0 g/mol. The van der Waals surface area contributed by atoms with Crippen LogP contribution in [0.15, 0.2) is 0 Å². The molecule has 3 heteroatoms. The molecule has 1 heterocycles. The van der Waals surface area contributed by atoms with Crippen molar-refractivity contribution in [3.8, 4) is 0 Å². The standard InChI is InChI=1S/C3H4O3.C/c4-3-5-1-2-6-3;/h1-2H2;. The van der Waals surface area contributed by atoms with E-state index < -0.39 is 6.16 Å². The molecule has 0 aromatic heterocycles. The summed E-state index contributed by atoms with van der Waals surface area (Å²) >= 11 is 0. The van der Waals surface area contributed by atoms with Crippen LogP contribution in [0.2, 0.25) is 0 Å². The van der Waals surface area contributed by atoms with Crippen LogP contribution in [-0.4, -0.2) is 19.4 Å². The lowest BCUT2D eigenvalue weighted by molar-refractivity contribution is 0.131. The van der Waals surface area contributed by atoms with Gasteiger partial charge in [0.15, 0.2) is 0 Å². The molecule has 0 bridgehead atoms. The molecule has 0 aliphatic carbocycles. The second-order valence-corrected chi connectivity index (χ2v) is 0.947. The van der Waals surface area contributed by atoms with E-state index in [-0.39, 0.29) is 7.43 Å². The summed E-state index contributed by atoms with van der Waals surface area (Å²) in [6.07, 6.45) is -0.546. The third-order valence-corrected chi connectivity index (χ3v) is 0.523. The van der Waals surface area contributed by atoms with Crippen LogP contribution in [0, 0.1) is 7.43 Å². The lowest BCUT2D eigenvalue weighted by Crippen LogP contribution is -1.88. The van der Waals surface area contributed by atoms with Crippen LogP contribution in [0.1, 0.15) is 0 Å². The summed E-state index contributed by atoms with van der Waals surface area (Å²) in [6, 6.07) is 0. The lowest BCUT2D eigenvalue weighted by atomic mass is 10.8. The zero-order chi connectivity index (χ0) is 4.41. The van der Waals surface area contributed by atoms with E-state index >= 15 is 0 Å². The summed E-state index contributed by atoms with van der Waals surface area (Å²) < 4.78 is 8.58. The van der Waals surface area contributed by atoms with Crippen molar-refractivity contribution in [3.05, 3.63) is 7.43 Å². The minimum absolute atomic E-state index is 0. The first-order valence-corrected chi connectivity index (χ1v) is 1.69. The fourth-order valence-electron chi connectivity index (χ4n) is 0.292. The van der Waals surface area contributed by atoms with E-state index in [1.807, 2.05) is 0 Å². The Morgan fingerprint density at radius 2 is 1.71 bits per heavy atom. The molecule has 1 rings (SSSR count). The Bertz CT molecular complexity index is 61.3. The Morgan fingerprint density at radius 3 is 1.86 bits per heavy atom. The second kappa shape index (κ2) is 2.44. The Morgan fingerprint density at radius 1 is 1.29 bits per heavy atom. The molecule has 0 spiro atoms. The molecule has 0 amide bonds. The molecule has 0 saturated carbocycles. The predicted octanol–water partition coefficient (Wildman–Crippen LogP) is 0.234. The van der Waals surface area contributed by atoms with Gasteiger partial charge in [-0.25, -0.2) is 4.79 Å². The highest BCUT2D eigenvalue weighted by Crippen LogP contribution is 1.92. The first-order chi connectivity index (χ1) is 2.89. The number of hydrogen-bond acceptors (Lipinski definition) is 3. The summed E-state index contributed by atoms with van der Waals surface area (Å²) in [6.45, 7) is 0.831. The Kier molecular flexibility index (Phi) is 2.19. The number of carbonyl (C=O) groups excluding carboxylic acids is 1. The first-order valence-electron chi connectivity index (χ1n) is 1.69. The van der Waals surface area contributed by atoms with Gasteiger partial charge in [-0.2, -0.15) is 0 Å². The van der Waals surface area contributed by atoms with Crippen LogP contribution in [0.5, 0.6) is 0 Å². The summed E-state index contributed by atoms with van der Waals surface area (Å²) in [5.41, 5.74) is 0. The van der Waals surface area contributed by atoms with Crippen molar-refractivity contribution in [3.63, 3.8) is 0 Å². The highest BCUT2D eigenvalue weighted by atomic mass is 16.8. The van der Waals surface area contributed by atoms with Crippen molar-refractivity contribution >= 4 is 6.16 Å². The molecule has 0 unspecified atom stereocenters. The van der Waals surface area contributed by atoms with Crippen LogP contribution < -0.4 is 0 Å². The first kappa shape index (κ1) is 6.27. The average Bonchev–Trinajstić information content (AvgIpc) is 1.86. The molecule has 0 N–H and O–H groups in total. The summed E-state index contributed by atoms with van der Waals surface area (Å²) in [5, 5.41) is 0. The van der Waals surface area contributed by atoms with E-state index in [0.717, 1.165) is 0 Å². The van der Waals surface area contributed by atoms with Crippen molar-refractivity contribution in [2.45, 2.75) is 0 Å². The van der Waals surface area contributed by atoms with E-state index in [1.54, 1.807) is 0 Å². The van der Waals surface area contributed by atoms with Gasteiger partial charge >= 0.3 is 6.16 Å². The molecule has 0 atom stereocenters. The monoisotopic (exact) mass is 100 g/mol. The van der Waals surface area contributed by atoms with Crippen molar-refractivity contribution in [1.29, 1.82) is 0 Å². The van der Waals surface area contributed by atoms with Crippen LogP contribution in [-0.2, 0) is 9.47 Å². The Labute approximate surface area is 42.2 Å². The van der Waals surface area contributed by atoms with Gasteiger partial charge in [0.2, 0.25) is 0 Å². The van der Waals surface area contributed by atoms with Gasteiger partial charge in [-0.05, 0) is 0 Å². The second-order valence-electron chi connectivity index (χ2n) is 0.947. The third kappa shape index (κ3) is 1.43. The van der Waals surface area contributed by atoms with Gasteiger partial charge in [-0.1, -0.05) is 0 Å². The maximum atomic E-state index is 9.80. The number of ether oxygens (including phenoxy) is 2. The SMILES string of the molecule is O=C1OCCO1.[C]. The highest BCUT2D eigenvalue weighted by Gasteiger charge is 2.09. The highest BCUT2D eigenvalue weighted by molar-refractivity contribution is 5.61. The van der Waals surface area contributed by atoms with Gasteiger partial charge in [0, 0.05) is 7.43 Å². The summed E-state index contributed by atoms with van der Waals surface area (Å²) in [7, 11) is 0. The summed E-state index contributed by atoms with van der Waals surface area (Å²) in [5.74, 6) is 0. The molecule has 1 aliphatic heterocycles. The van der Waals surface area contributed by atoms with E-state index in [1.165, 1.54) is 0 Å². The normalized spacial score (nSPS) is 16.9. The topological polar surface area (TPSA) is 35.5 Å². The zero-order valence-electron chi connectivity index (χ0n) is 3.64. The van der Waals surface area contributed by atoms with Crippen LogP contribution in [0.25, 0.3) is 0 Å². The largest absolute Gasteiger partial charge is 0.508 e. The average molecular weight is 100 g/mol. The van der Waals surface area contributed by atoms with Gasteiger partial charge in [0.1, 0.15) is 13.2 Å². The Balaban J connectivity index is 0.000000360. The smallest absolute Gasteiger partial charge is 0.431 e. The molecule has 0 aromatic carbocycles. The molecule has 7 heavy (non-hydrogen) atoms. The van der Waals surface area contributed by atoms with Gasteiger partial charge in [0.25, 0.3) is 0 Å². The molecule has 1 saturated heterocycles. The lowest BCUT2D eigenvalue weighted by Gasteiger charge is -1.78. The fourth-order valence-corrected chi connectivity index (χ4v) is 0.292. The number of rotatable bonds is 0. The van der Waals surface area contributed by atoms with Crippen molar-refractivity contribution in [1.82, 2.24) is 0 Å². The van der Waals surface area contributed by atoms with Crippen molar-refractivity contribution in [2.75, 3.05) is 13.2 Å². The predicted molar refractivity (Wildman–Crippen MR) is 20.5 cm³/mol. The van der Waals surface area contributed by atoms with Gasteiger partial charge in [-0.15, -0.1) is 0 Å². The van der Waals surface area contributed by atoms with E-state index in [9.17, 15) is 4.79 Å². The maximum Gasteiger partial charge on any atom is 0.508 e. The maximum absolute atomic E-state index is 9.80. The molecule has 1 fully saturated rings.